The molecule has 0 radical (unpaired) electrons. The second kappa shape index (κ2) is 8.01. The van der Waals surface area contributed by atoms with E-state index in [0.717, 1.165) is 16.5 Å². The number of urea groups is 1. The van der Waals surface area contributed by atoms with E-state index in [2.05, 4.69) is 26.1 Å². The van der Waals surface area contributed by atoms with Gasteiger partial charge in [0.15, 0.2) is 0 Å². The Morgan fingerprint density at radius 1 is 1.21 bits per heavy atom. The standard InChI is InChI=1S/C20H18FN5O2/c21-14-5-1-4-13(10-14)18-11-28-12-19(23-18)25-26-20(27)24-17-8-2-7-16-15(17)6-3-9-22-16/h1-10,18H,11-12H2,(H,23,25)(H2,24,26,27)/t18-/m0/s1. The second-order valence-electron chi connectivity index (χ2n) is 6.27. The van der Waals surface area contributed by atoms with E-state index < -0.39 is 6.03 Å². The van der Waals surface area contributed by atoms with Gasteiger partial charge in [-0.1, -0.05) is 18.2 Å². The molecule has 1 atom stereocenters. The van der Waals surface area contributed by atoms with Crippen molar-refractivity contribution in [3.8, 4) is 0 Å². The lowest BCUT2D eigenvalue weighted by molar-refractivity contribution is 0.128. The van der Waals surface area contributed by atoms with E-state index in [1.807, 2.05) is 30.3 Å². The number of amidine groups is 1. The van der Waals surface area contributed by atoms with Gasteiger partial charge >= 0.3 is 6.03 Å². The van der Waals surface area contributed by atoms with E-state index in [1.54, 1.807) is 18.3 Å². The third kappa shape index (κ3) is 4.07. The van der Waals surface area contributed by atoms with Crippen LogP contribution in [0.5, 0.6) is 0 Å². The Labute approximate surface area is 160 Å². The summed E-state index contributed by atoms with van der Waals surface area (Å²) in [6, 6.07) is 14.7. The van der Waals surface area contributed by atoms with Crippen molar-refractivity contribution in [1.29, 1.82) is 0 Å². The van der Waals surface area contributed by atoms with Crippen LogP contribution in [0.25, 0.3) is 10.9 Å². The molecule has 1 saturated heterocycles. The third-order valence-corrected chi connectivity index (χ3v) is 4.30. The number of morpholine rings is 1. The number of nitrogens with one attached hydrogen (secondary N) is 3. The van der Waals surface area contributed by atoms with E-state index in [1.165, 1.54) is 12.1 Å². The molecule has 1 aliphatic rings. The minimum absolute atomic E-state index is 0.226. The molecule has 8 heteroatoms. The minimum atomic E-state index is -0.487. The topological polar surface area (TPSA) is 87.6 Å². The van der Waals surface area contributed by atoms with Gasteiger partial charge in [0.05, 0.1) is 23.9 Å². The molecule has 0 spiro atoms. The predicted octanol–water partition coefficient (Wildman–Crippen LogP) is 3.17. The highest BCUT2D eigenvalue weighted by atomic mass is 19.1. The maximum absolute atomic E-state index is 13.4. The lowest BCUT2D eigenvalue weighted by atomic mass is 10.1. The molecule has 2 amide bonds. The molecule has 2 aromatic carbocycles. The van der Waals surface area contributed by atoms with E-state index in [4.69, 9.17) is 4.74 Å². The summed E-state index contributed by atoms with van der Waals surface area (Å²) in [5.41, 5.74) is 4.62. The van der Waals surface area contributed by atoms with Crippen molar-refractivity contribution in [1.82, 2.24) is 15.7 Å². The van der Waals surface area contributed by atoms with Crippen LogP contribution >= 0.6 is 0 Å². The smallest absolute Gasteiger partial charge is 0.339 e. The van der Waals surface area contributed by atoms with Crippen molar-refractivity contribution < 1.29 is 13.9 Å². The molecule has 0 bridgehead atoms. The Morgan fingerprint density at radius 3 is 3.00 bits per heavy atom. The summed E-state index contributed by atoms with van der Waals surface area (Å²) >= 11 is 0. The number of carbonyl (C=O) groups is 1. The largest absolute Gasteiger partial charge is 0.371 e. The first-order valence-electron chi connectivity index (χ1n) is 8.76. The maximum Gasteiger partial charge on any atom is 0.339 e. The number of anilines is 1. The van der Waals surface area contributed by atoms with Crippen LogP contribution in [-0.4, -0.2) is 30.1 Å². The maximum atomic E-state index is 13.4. The predicted molar refractivity (Wildman–Crippen MR) is 104 cm³/mol. The van der Waals surface area contributed by atoms with E-state index >= 15 is 0 Å². The number of carbonyl (C=O) groups excluding carboxylic acids is 1. The van der Waals surface area contributed by atoms with Crippen LogP contribution in [0, 0.1) is 5.82 Å². The molecular weight excluding hydrogens is 361 g/mol. The molecule has 1 aliphatic heterocycles. The van der Waals surface area contributed by atoms with Crippen molar-refractivity contribution in [2.75, 3.05) is 18.5 Å². The zero-order chi connectivity index (χ0) is 19.3. The van der Waals surface area contributed by atoms with Gasteiger partial charge in [-0.05, 0) is 42.0 Å². The van der Waals surface area contributed by atoms with Crippen molar-refractivity contribution >= 4 is 28.5 Å². The first-order chi connectivity index (χ1) is 13.7. The number of amides is 2. The van der Waals surface area contributed by atoms with Gasteiger partial charge in [0.25, 0.3) is 0 Å². The van der Waals surface area contributed by atoms with Gasteiger partial charge in [0.1, 0.15) is 18.3 Å². The highest BCUT2D eigenvalue weighted by molar-refractivity contribution is 6.00. The zero-order valence-corrected chi connectivity index (χ0v) is 14.9. The number of ether oxygens (including phenoxy) is 1. The molecule has 3 N–H and O–H groups in total. The van der Waals surface area contributed by atoms with E-state index in [-0.39, 0.29) is 18.5 Å². The molecule has 0 saturated carbocycles. The molecule has 142 valence electrons. The Bertz CT molecular complexity index is 1030. The van der Waals surface area contributed by atoms with Crippen LogP contribution in [0.3, 0.4) is 0 Å². The Hall–Kier alpha value is -3.52. The van der Waals surface area contributed by atoms with Crippen LogP contribution in [-0.2, 0) is 4.74 Å². The summed E-state index contributed by atoms with van der Waals surface area (Å²) < 4.78 is 18.9. The molecule has 4 rings (SSSR count). The fourth-order valence-corrected chi connectivity index (χ4v) is 3.01. The third-order valence-electron chi connectivity index (χ3n) is 4.30. The molecule has 28 heavy (non-hydrogen) atoms. The van der Waals surface area contributed by atoms with E-state index in [9.17, 15) is 9.18 Å². The summed E-state index contributed by atoms with van der Waals surface area (Å²) in [4.78, 5) is 16.5. The highest BCUT2D eigenvalue weighted by Gasteiger charge is 2.20. The van der Waals surface area contributed by atoms with Gasteiger partial charge in [-0.2, -0.15) is 5.10 Å². The Kier molecular flexibility index (Phi) is 5.11. The quantitative estimate of drug-likeness (QED) is 0.610. The number of benzene rings is 2. The van der Waals surface area contributed by atoms with Crippen molar-refractivity contribution in [2.45, 2.75) is 6.04 Å². The second-order valence-corrected chi connectivity index (χ2v) is 6.27. The van der Waals surface area contributed by atoms with Gasteiger partial charge in [-0.3, -0.25) is 4.98 Å². The number of hydrogen-bond donors (Lipinski definition) is 3. The summed E-state index contributed by atoms with van der Waals surface area (Å²) in [7, 11) is 0. The fourth-order valence-electron chi connectivity index (χ4n) is 3.01. The number of fused-ring (bicyclic) bond motifs is 1. The number of rotatable bonds is 3. The van der Waals surface area contributed by atoms with Gasteiger partial charge in [-0.25, -0.2) is 14.6 Å². The average molecular weight is 379 g/mol. The van der Waals surface area contributed by atoms with Gasteiger partial charge in [0.2, 0.25) is 0 Å². The fraction of sp³-hybridized carbons (Fsp3) is 0.150. The summed E-state index contributed by atoms with van der Waals surface area (Å²) in [6.07, 6.45) is 1.70. The lowest BCUT2D eigenvalue weighted by Crippen LogP contribution is -2.41. The summed E-state index contributed by atoms with van der Waals surface area (Å²) in [5.74, 6) is 0.140. The van der Waals surface area contributed by atoms with Crippen LogP contribution in [0.15, 0.2) is 65.9 Å². The first kappa shape index (κ1) is 17.9. The highest BCUT2D eigenvalue weighted by Crippen LogP contribution is 2.21. The lowest BCUT2D eigenvalue weighted by Gasteiger charge is -2.26. The number of pyridine rings is 1. The number of halogens is 1. The van der Waals surface area contributed by atoms with Crippen molar-refractivity contribution in [3.63, 3.8) is 0 Å². The molecule has 7 nitrogen and oxygen atoms in total. The van der Waals surface area contributed by atoms with Crippen molar-refractivity contribution in [2.24, 2.45) is 5.10 Å². The first-order valence-corrected chi connectivity index (χ1v) is 8.76. The SMILES string of the molecule is O=C(N/N=C1/COC[C@@H](c2cccc(F)c2)N1)Nc1cccc2ncccc12. The molecule has 1 aromatic heterocycles. The molecule has 2 heterocycles. The van der Waals surface area contributed by atoms with Crippen LogP contribution in [0.2, 0.25) is 0 Å². The molecule has 3 aromatic rings. The van der Waals surface area contributed by atoms with Gasteiger partial charge in [0, 0.05) is 11.6 Å². The zero-order valence-electron chi connectivity index (χ0n) is 14.9. The van der Waals surface area contributed by atoms with Crippen LogP contribution < -0.4 is 16.1 Å². The molecule has 1 fully saturated rings. The normalized spacial score (nSPS) is 17.9. The average Bonchev–Trinajstić information content (AvgIpc) is 2.73. The number of aromatic nitrogens is 1. The van der Waals surface area contributed by atoms with Crippen LogP contribution in [0.1, 0.15) is 11.6 Å². The molecule has 0 aliphatic carbocycles. The Morgan fingerprint density at radius 2 is 2.11 bits per heavy atom. The minimum Gasteiger partial charge on any atom is -0.371 e. The Balaban J connectivity index is 1.41. The summed E-state index contributed by atoms with van der Waals surface area (Å²) in [5, 5.41) is 10.8. The molecular formula is C20H18FN5O2. The monoisotopic (exact) mass is 379 g/mol. The molecule has 0 unspecified atom stereocenters. The van der Waals surface area contributed by atoms with Crippen molar-refractivity contribution in [3.05, 3.63) is 72.2 Å². The van der Waals surface area contributed by atoms with Crippen LogP contribution in [0.4, 0.5) is 14.9 Å². The summed E-state index contributed by atoms with van der Waals surface area (Å²) in [6.45, 7) is 0.613. The number of hydrazone groups is 1. The van der Waals surface area contributed by atoms with Gasteiger partial charge in [-0.15, -0.1) is 0 Å². The van der Waals surface area contributed by atoms with E-state index in [0.29, 0.717) is 18.1 Å². The number of nitrogens with zero attached hydrogens (tertiary/aromatic N) is 2. The number of hydrogen-bond acceptors (Lipinski definition) is 4. The van der Waals surface area contributed by atoms with Gasteiger partial charge < -0.3 is 15.4 Å².